The van der Waals surface area contributed by atoms with Gasteiger partial charge in [-0.3, -0.25) is 9.80 Å². The van der Waals surface area contributed by atoms with Crippen molar-refractivity contribution in [3.8, 4) is 5.75 Å². The molecule has 0 aliphatic carbocycles. The summed E-state index contributed by atoms with van der Waals surface area (Å²) < 4.78 is 42.8. The maximum absolute atomic E-state index is 13.4. The zero-order valence-corrected chi connectivity index (χ0v) is 19.0. The number of hydrogen-bond acceptors (Lipinski definition) is 6. The molecule has 0 radical (unpaired) electrons. The van der Waals surface area contributed by atoms with Crippen LogP contribution in [-0.2, 0) is 0 Å². The molecule has 7 nitrogen and oxygen atoms in total. The van der Waals surface area contributed by atoms with E-state index >= 15 is 0 Å². The van der Waals surface area contributed by atoms with Crippen molar-refractivity contribution < 1.29 is 22.7 Å². The lowest BCUT2D eigenvalue weighted by molar-refractivity contribution is -0.274. The topological polar surface area (TPSA) is 60.4 Å². The van der Waals surface area contributed by atoms with E-state index in [9.17, 15) is 18.0 Å². The molecule has 1 N–H and O–H groups in total. The number of nitrogens with one attached hydrogen (secondary N) is 1. The molecule has 2 unspecified atom stereocenters. The lowest BCUT2D eigenvalue weighted by atomic mass is 9.95. The fraction of sp³-hybridized carbons (Fsp3) is 0.500. The highest BCUT2D eigenvalue weighted by Gasteiger charge is 2.39. The molecule has 4 aliphatic heterocycles. The molecule has 0 bridgehead atoms. The number of aliphatic imine (C=N–C) groups is 1. The molecule has 1 amide bonds. The van der Waals surface area contributed by atoms with Gasteiger partial charge in [0.1, 0.15) is 17.4 Å². The SMILES string of the molecule is CC1=CN2NC(C3CCCCN3C(=O)c3ccccc3OC(F)(F)F)C=C2N=C1N1CCCC1. The summed E-state index contributed by atoms with van der Waals surface area (Å²) in [6.07, 6.45) is 3.98. The van der Waals surface area contributed by atoms with Crippen LogP contribution in [0.2, 0.25) is 0 Å². The second-order valence-corrected chi connectivity index (χ2v) is 9.10. The summed E-state index contributed by atoms with van der Waals surface area (Å²) in [4.78, 5) is 22.3. The molecule has 0 saturated carbocycles. The third-order valence-corrected chi connectivity index (χ3v) is 6.73. The van der Waals surface area contributed by atoms with Crippen LogP contribution >= 0.6 is 0 Å². The lowest BCUT2D eigenvalue weighted by Crippen LogP contribution is -2.54. The molecular formula is C24H28F3N5O2. The third kappa shape index (κ3) is 4.51. The predicted molar refractivity (Wildman–Crippen MR) is 121 cm³/mol. The van der Waals surface area contributed by atoms with E-state index < -0.39 is 18.0 Å². The van der Waals surface area contributed by atoms with Crippen LogP contribution in [0.1, 0.15) is 49.4 Å². The number of fused-ring (bicyclic) bond motifs is 1. The molecule has 182 valence electrons. The van der Waals surface area contributed by atoms with Gasteiger partial charge in [0.2, 0.25) is 0 Å². The van der Waals surface area contributed by atoms with Crippen molar-refractivity contribution in [2.45, 2.75) is 57.5 Å². The normalized spacial score (nSPS) is 25.1. The average molecular weight is 476 g/mol. The molecule has 5 rings (SSSR count). The van der Waals surface area contributed by atoms with Gasteiger partial charge in [0.15, 0.2) is 0 Å². The number of carbonyl (C=O) groups excluding carboxylic acids is 1. The highest BCUT2D eigenvalue weighted by Crippen LogP contribution is 2.32. The molecule has 2 saturated heterocycles. The molecule has 4 aliphatic rings. The van der Waals surface area contributed by atoms with Gasteiger partial charge in [-0.05, 0) is 57.2 Å². The zero-order chi connectivity index (χ0) is 23.9. The lowest BCUT2D eigenvalue weighted by Gasteiger charge is -2.39. The maximum atomic E-state index is 13.4. The Balaban J connectivity index is 1.39. The third-order valence-electron chi connectivity index (χ3n) is 6.73. The molecule has 0 spiro atoms. The second kappa shape index (κ2) is 8.98. The van der Waals surface area contributed by atoms with E-state index in [0.717, 1.165) is 62.4 Å². The number of rotatable bonds is 3. The van der Waals surface area contributed by atoms with Gasteiger partial charge in [0.25, 0.3) is 5.91 Å². The first-order valence-electron chi connectivity index (χ1n) is 11.8. The number of carbonyl (C=O) groups is 1. The molecule has 34 heavy (non-hydrogen) atoms. The van der Waals surface area contributed by atoms with E-state index in [-0.39, 0.29) is 17.6 Å². The minimum absolute atomic E-state index is 0.0832. The first-order valence-corrected chi connectivity index (χ1v) is 11.8. The monoisotopic (exact) mass is 475 g/mol. The summed E-state index contributed by atoms with van der Waals surface area (Å²) in [6.45, 7) is 4.51. The largest absolute Gasteiger partial charge is 0.573 e. The molecular weight excluding hydrogens is 447 g/mol. The Kier molecular flexibility index (Phi) is 6.01. The number of amides is 1. The maximum Gasteiger partial charge on any atom is 0.573 e. The molecule has 2 fully saturated rings. The van der Waals surface area contributed by atoms with E-state index in [2.05, 4.69) is 15.1 Å². The van der Waals surface area contributed by atoms with Gasteiger partial charge in [-0.25, -0.2) is 10.4 Å². The van der Waals surface area contributed by atoms with Crippen molar-refractivity contribution in [3.05, 3.63) is 53.5 Å². The quantitative estimate of drug-likeness (QED) is 0.716. The van der Waals surface area contributed by atoms with E-state index in [1.54, 1.807) is 11.0 Å². The number of amidine groups is 1. The Hall–Kier alpha value is -3.01. The van der Waals surface area contributed by atoms with Crippen LogP contribution in [0.25, 0.3) is 0 Å². The van der Waals surface area contributed by atoms with Crippen molar-refractivity contribution in [1.82, 2.24) is 20.2 Å². The van der Waals surface area contributed by atoms with E-state index in [0.29, 0.717) is 6.54 Å². The van der Waals surface area contributed by atoms with Crippen molar-refractivity contribution in [1.29, 1.82) is 0 Å². The van der Waals surface area contributed by atoms with Crippen molar-refractivity contribution >= 4 is 11.7 Å². The Morgan fingerprint density at radius 1 is 1.12 bits per heavy atom. The van der Waals surface area contributed by atoms with Crippen molar-refractivity contribution in [2.24, 2.45) is 4.99 Å². The van der Waals surface area contributed by atoms with Crippen LogP contribution in [0, 0.1) is 0 Å². The number of piperidine rings is 1. The first-order chi connectivity index (χ1) is 16.3. The number of benzene rings is 1. The minimum atomic E-state index is -4.87. The Labute approximate surface area is 196 Å². The first kappa shape index (κ1) is 22.8. The number of para-hydroxylation sites is 1. The van der Waals surface area contributed by atoms with Gasteiger partial charge in [-0.2, -0.15) is 0 Å². The van der Waals surface area contributed by atoms with Gasteiger partial charge in [-0.15, -0.1) is 13.2 Å². The molecule has 4 heterocycles. The summed E-state index contributed by atoms with van der Waals surface area (Å²) in [6, 6.07) is 5.14. The Morgan fingerprint density at radius 3 is 2.62 bits per heavy atom. The van der Waals surface area contributed by atoms with Crippen LogP contribution < -0.4 is 10.2 Å². The minimum Gasteiger partial charge on any atom is -0.405 e. The number of ether oxygens (including phenoxy) is 1. The molecule has 1 aromatic rings. The van der Waals surface area contributed by atoms with Crippen molar-refractivity contribution in [3.63, 3.8) is 0 Å². The molecule has 10 heteroatoms. The van der Waals surface area contributed by atoms with E-state index in [1.807, 2.05) is 24.2 Å². The standard InChI is InChI=1S/C24H28F3N5O2/c1-16-15-32-21(28-22(16)30-11-6-7-12-30)14-18(29-32)19-9-4-5-13-31(19)23(33)17-8-2-3-10-20(17)34-24(25,26)27/h2-3,8,10,14-15,18-19,29H,4-7,9,11-13H2,1H3. The van der Waals surface area contributed by atoms with Gasteiger partial charge in [0, 0.05) is 31.4 Å². The number of halogens is 3. The van der Waals surface area contributed by atoms with Gasteiger partial charge in [-0.1, -0.05) is 12.1 Å². The van der Waals surface area contributed by atoms with Crippen LogP contribution in [0.3, 0.4) is 0 Å². The summed E-state index contributed by atoms with van der Waals surface area (Å²) in [5.41, 5.74) is 4.42. The molecule has 1 aromatic carbocycles. The van der Waals surface area contributed by atoms with Gasteiger partial charge < -0.3 is 14.5 Å². The number of likely N-dealkylation sites (tertiary alicyclic amines) is 2. The van der Waals surface area contributed by atoms with Crippen molar-refractivity contribution in [2.75, 3.05) is 19.6 Å². The summed E-state index contributed by atoms with van der Waals surface area (Å²) in [5, 5.41) is 1.89. The number of hydrogen-bond donors (Lipinski definition) is 1. The second-order valence-electron chi connectivity index (χ2n) is 9.10. The van der Waals surface area contributed by atoms with Crippen LogP contribution in [0.15, 0.2) is 52.9 Å². The summed E-state index contributed by atoms with van der Waals surface area (Å²) >= 11 is 0. The fourth-order valence-corrected chi connectivity index (χ4v) is 5.19. The Morgan fingerprint density at radius 2 is 1.85 bits per heavy atom. The highest BCUT2D eigenvalue weighted by atomic mass is 19.4. The number of hydrazine groups is 1. The zero-order valence-electron chi connectivity index (χ0n) is 19.0. The predicted octanol–water partition coefficient (Wildman–Crippen LogP) is 4.02. The number of alkyl halides is 3. The fourth-order valence-electron chi connectivity index (χ4n) is 5.19. The van der Waals surface area contributed by atoms with Crippen LogP contribution in [0.4, 0.5) is 13.2 Å². The Bertz CT molecular complexity index is 1050. The summed E-state index contributed by atoms with van der Waals surface area (Å²) in [5.74, 6) is 0.842. The van der Waals surface area contributed by atoms with Gasteiger partial charge >= 0.3 is 6.36 Å². The van der Waals surface area contributed by atoms with Crippen LogP contribution in [-0.4, -0.2) is 64.6 Å². The van der Waals surface area contributed by atoms with Gasteiger partial charge in [0.05, 0.1) is 17.6 Å². The highest BCUT2D eigenvalue weighted by molar-refractivity contribution is 5.99. The van der Waals surface area contributed by atoms with Crippen LogP contribution in [0.5, 0.6) is 5.75 Å². The molecule has 2 atom stereocenters. The summed E-state index contributed by atoms with van der Waals surface area (Å²) in [7, 11) is 0. The molecule has 0 aromatic heterocycles. The van der Waals surface area contributed by atoms with E-state index in [4.69, 9.17) is 4.99 Å². The average Bonchev–Trinajstić information content (AvgIpc) is 3.47. The number of nitrogens with zero attached hydrogens (tertiary/aromatic N) is 4. The smallest absolute Gasteiger partial charge is 0.405 e. The van der Waals surface area contributed by atoms with E-state index in [1.165, 1.54) is 18.2 Å².